The first-order chi connectivity index (χ1) is 19.3. The molecule has 0 saturated carbocycles. The Morgan fingerprint density at radius 2 is 0.949 bits per heavy atom. The first kappa shape index (κ1) is 21.6. The van der Waals surface area contributed by atoms with Crippen molar-refractivity contribution in [1.82, 2.24) is 29.1 Å². The van der Waals surface area contributed by atoms with Gasteiger partial charge >= 0.3 is 0 Å². The monoisotopic (exact) mass is 506 g/mol. The molecule has 0 saturated heterocycles. The lowest BCUT2D eigenvalue weighted by Crippen LogP contribution is -2.49. The van der Waals surface area contributed by atoms with E-state index in [-0.39, 0.29) is 0 Å². The molecule has 0 fully saturated rings. The third kappa shape index (κ3) is 3.69. The normalized spacial score (nSPS) is 11.7. The smallest absolute Gasteiger partial charge is 0.253 e. The van der Waals surface area contributed by atoms with Gasteiger partial charge < -0.3 is 0 Å². The number of nitrogens with zero attached hydrogens (tertiary/aromatic N) is 8. The quantitative estimate of drug-likeness (QED) is 0.260. The van der Waals surface area contributed by atoms with E-state index in [1.54, 1.807) is 0 Å². The van der Waals surface area contributed by atoms with Crippen molar-refractivity contribution in [2.45, 2.75) is 6.67 Å². The van der Waals surface area contributed by atoms with Crippen molar-refractivity contribution < 1.29 is 9.13 Å². The highest BCUT2D eigenvalue weighted by molar-refractivity contribution is 6.03. The van der Waals surface area contributed by atoms with Crippen molar-refractivity contribution in [3.63, 3.8) is 0 Å². The van der Waals surface area contributed by atoms with E-state index in [4.69, 9.17) is 9.97 Å². The minimum Gasteiger partial charge on any atom is -0.254 e. The molecule has 8 aromatic rings. The number of rotatable bonds is 4. The third-order valence-corrected chi connectivity index (χ3v) is 7.07. The Bertz CT molecular complexity index is 2020. The van der Waals surface area contributed by atoms with Crippen LogP contribution >= 0.6 is 0 Å². The summed E-state index contributed by atoms with van der Waals surface area (Å²) in [6, 6.07) is 24.7. The molecule has 0 N–H and O–H groups in total. The molecule has 8 heteroatoms. The van der Waals surface area contributed by atoms with Crippen molar-refractivity contribution >= 4 is 43.6 Å². The Kier molecular flexibility index (Phi) is 4.72. The highest BCUT2D eigenvalue weighted by atomic mass is 15.2. The zero-order valence-corrected chi connectivity index (χ0v) is 20.8. The molecule has 184 valence electrons. The van der Waals surface area contributed by atoms with Gasteiger partial charge in [0.25, 0.3) is 12.7 Å². The second-order valence-electron chi connectivity index (χ2n) is 9.58. The summed E-state index contributed by atoms with van der Waals surface area (Å²) in [4.78, 5) is 19.0. The van der Waals surface area contributed by atoms with Crippen LogP contribution in [0.3, 0.4) is 0 Å². The van der Waals surface area contributed by atoms with E-state index in [1.807, 2.05) is 83.2 Å². The second-order valence-corrected chi connectivity index (χ2v) is 9.58. The van der Waals surface area contributed by atoms with Gasteiger partial charge in [-0.05, 0) is 24.3 Å². The van der Waals surface area contributed by atoms with E-state index in [1.165, 1.54) is 0 Å². The van der Waals surface area contributed by atoms with Crippen LogP contribution in [-0.2, 0) is 6.67 Å². The zero-order chi connectivity index (χ0) is 25.8. The van der Waals surface area contributed by atoms with Gasteiger partial charge in [0.2, 0.25) is 18.3 Å². The molecule has 2 aromatic carbocycles. The summed E-state index contributed by atoms with van der Waals surface area (Å²) in [7, 11) is 0. The molecular weight excluding hydrogens is 484 g/mol. The number of hydrogen-bond donors (Lipinski definition) is 0. The summed E-state index contributed by atoms with van der Waals surface area (Å²) in [5, 5.41) is 4.33. The van der Waals surface area contributed by atoms with E-state index in [0.29, 0.717) is 6.67 Å². The maximum Gasteiger partial charge on any atom is 0.253 e. The van der Waals surface area contributed by atoms with Gasteiger partial charge in [0.1, 0.15) is 35.8 Å². The van der Waals surface area contributed by atoms with Crippen LogP contribution in [-0.4, -0.2) is 29.1 Å². The summed E-state index contributed by atoms with van der Waals surface area (Å²) in [5.41, 5.74) is 3.64. The first-order valence-electron chi connectivity index (χ1n) is 12.7. The van der Waals surface area contributed by atoms with Crippen LogP contribution in [0.5, 0.6) is 0 Å². The first-order valence-corrected chi connectivity index (χ1v) is 12.7. The minimum absolute atomic E-state index is 0.649. The molecule has 39 heavy (non-hydrogen) atoms. The summed E-state index contributed by atoms with van der Waals surface area (Å²) >= 11 is 0. The Hall–Kier alpha value is -5.50. The highest BCUT2D eigenvalue weighted by Crippen LogP contribution is 2.24. The van der Waals surface area contributed by atoms with Crippen LogP contribution < -0.4 is 9.13 Å². The molecular formula is C31H22N8+2. The Morgan fingerprint density at radius 1 is 0.513 bits per heavy atom. The number of hydrogen-bond acceptors (Lipinski definition) is 4. The van der Waals surface area contributed by atoms with Gasteiger partial charge in [0.15, 0.2) is 0 Å². The molecule has 0 unspecified atom stereocenters. The number of benzene rings is 2. The van der Waals surface area contributed by atoms with E-state index in [2.05, 4.69) is 67.6 Å². The van der Waals surface area contributed by atoms with Crippen LogP contribution in [0.4, 0.5) is 0 Å². The lowest BCUT2D eigenvalue weighted by Gasteiger charge is -2.03. The summed E-state index contributed by atoms with van der Waals surface area (Å²) < 4.78 is 8.29. The van der Waals surface area contributed by atoms with Crippen LogP contribution in [0.1, 0.15) is 0 Å². The van der Waals surface area contributed by atoms with Gasteiger partial charge in [0, 0.05) is 46.1 Å². The van der Waals surface area contributed by atoms with Crippen molar-refractivity contribution in [1.29, 1.82) is 0 Å². The highest BCUT2D eigenvalue weighted by Gasteiger charge is 2.15. The molecule has 6 heterocycles. The topological polar surface area (TPSA) is 69.2 Å². The molecule has 0 amide bonds. The van der Waals surface area contributed by atoms with Crippen LogP contribution in [0.25, 0.3) is 55.2 Å². The Morgan fingerprint density at radius 3 is 1.44 bits per heavy atom. The number of fused-ring (bicyclic) bond motifs is 6. The lowest BCUT2D eigenvalue weighted by molar-refractivity contribution is -0.912. The summed E-state index contributed by atoms with van der Waals surface area (Å²) in [6.45, 7) is 0.649. The molecule has 0 atom stereocenters. The zero-order valence-electron chi connectivity index (χ0n) is 20.8. The van der Waals surface area contributed by atoms with Crippen LogP contribution in [0, 0.1) is 0 Å². The molecule has 0 bridgehead atoms. The van der Waals surface area contributed by atoms with Crippen molar-refractivity contribution in [2.75, 3.05) is 0 Å². The van der Waals surface area contributed by atoms with E-state index >= 15 is 0 Å². The minimum atomic E-state index is 0.649. The average molecular weight is 507 g/mol. The van der Waals surface area contributed by atoms with Gasteiger partial charge in [-0.1, -0.05) is 36.4 Å². The van der Waals surface area contributed by atoms with Crippen LogP contribution in [0.2, 0.25) is 0 Å². The second kappa shape index (κ2) is 8.53. The van der Waals surface area contributed by atoms with Gasteiger partial charge in [-0.25, -0.2) is 9.97 Å². The van der Waals surface area contributed by atoms with Gasteiger partial charge in [-0.2, -0.15) is 18.3 Å². The average Bonchev–Trinajstić information content (AvgIpc) is 3.67. The molecule has 0 spiro atoms. The predicted molar refractivity (Wildman–Crippen MR) is 149 cm³/mol. The SMILES string of the molecule is c1cnc2c(c1)ccc1ccc(-n3cc[n+](C[n+]4ccn(-c5ccc6ccc7cccnc7c6n5)c4)c3)nc12. The van der Waals surface area contributed by atoms with Gasteiger partial charge in [-0.3, -0.25) is 9.97 Å². The van der Waals surface area contributed by atoms with Crippen molar-refractivity contribution in [3.8, 4) is 11.6 Å². The van der Waals surface area contributed by atoms with E-state index in [9.17, 15) is 0 Å². The third-order valence-electron chi connectivity index (χ3n) is 7.07. The fourth-order valence-corrected chi connectivity index (χ4v) is 5.13. The van der Waals surface area contributed by atoms with Crippen molar-refractivity contribution in [2.24, 2.45) is 0 Å². The standard InChI is InChI=1S/C31H22N8/c1-3-22-5-7-24-9-11-26(34-30(24)28(22)32-13-1)38-17-15-36(20-38)19-37-16-18-39(21-37)27-12-10-25-8-6-23-4-2-14-33-29(23)31(25)35-27/h1-18,20-21H,19H2/q+2. The fraction of sp³-hybridized carbons (Fsp3) is 0.0323. The Balaban J connectivity index is 1.09. The fourth-order valence-electron chi connectivity index (χ4n) is 5.13. The number of aromatic nitrogens is 8. The maximum atomic E-state index is 4.95. The molecule has 0 aliphatic heterocycles. The molecule has 8 nitrogen and oxygen atoms in total. The number of imidazole rings is 2. The van der Waals surface area contributed by atoms with Crippen molar-refractivity contribution in [3.05, 3.63) is 123 Å². The van der Waals surface area contributed by atoms with Gasteiger partial charge in [0.05, 0.1) is 11.0 Å². The molecule has 6 aromatic heterocycles. The number of pyridine rings is 4. The van der Waals surface area contributed by atoms with E-state index in [0.717, 1.165) is 55.2 Å². The maximum absolute atomic E-state index is 4.95. The lowest BCUT2D eigenvalue weighted by atomic mass is 10.1. The largest absolute Gasteiger partial charge is 0.254 e. The molecule has 0 aliphatic carbocycles. The molecule has 0 radical (unpaired) electrons. The summed E-state index contributed by atoms with van der Waals surface area (Å²) in [5.74, 6) is 1.70. The predicted octanol–water partition coefficient (Wildman–Crippen LogP) is 4.54. The summed E-state index contributed by atoms with van der Waals surface area (Å²) in [6.07, 6.45) is 15.9. The molecule has 0 aliphatic rings. The van der Waals surface area contributed by atoms with Gasteiger partial charge in [-0.15, -0.1) is 0 Å². The van der Waals surface area contributed by atoms with E-state index < -0.39 is 0 Å². The molecule has 8 rings (SSSR count). The Labute approximate surface area is 222 Å². The van der Waals surface area contributed by atoms with Crippen LogP contribution in [0.15, 0.2) is 123 Å².